The van der Waals surface area contributed by atoms with Crippen LogP contribution in [0.3, 0.4) is 0 Å². The summed E-state index contributed by atoms with van der Waals surface area (Å²) < 4.78 is 31.7. The molecule has 118 valence electrons. The number of methoxy groups -OCH3 is 1. The molecule has 2 rings (SSSR count). The SMILES string of the molecule is COc1[nH]c(=O)c([ClH+])nc1NS(=O)(=O)c1cccc(Cl)c1Cl. The van der Waals surface area contributed by atoms with Crippen LogP contribution < -0.4 is 15.0 Å². The highest BCUT2D eigenvalue weighted by atomic mass is 35.5. The topological polar surface area (TPSA) is 101 Å². The molecular formula is C11H9Cl3N3O4S+. The molecule has 2 aromatic rings. The van der Waals surface area contributed by atoms with Gasteiger partial charge in [-0.1, -0.05) is 29.3 Å². The van der Waals surface area contributed by atoms with Gasteiger partial charge in [0.05, 0.1) is 17.2 Å². The number of H-pyrrole nitrogens is 1. The zero-order valence-corrected chi connectivity index (χ0v) is 14.0. The van der Waals surface area contributed by atoms with Crippen molar-refractivity contribution in [2.45, 2.75) is 4.90 Å². The molecule has 0 aliphatic heterocycles. The van der Waals surface area contributed by atoms with Gasteiger partial charge in [0, 0.05) is 0 Å². The van der Waals surface area contributed by atoms with Crippen LogP contribution in [-0.4, -0.2) is 25.5 Å². The van der Waals surface area contributed by atoms with Crippen LogP contribution in [-0.2, 0) is 10.0 Å². The summed E-state index contributed by atoms with van der Waals surface area (Å²) in [7, 11) is -2.87. The van der Waals surface area contributed by atoms with Gasteiger partial charge >= 0.3 is 10.7 Å². The lowest BCUT2D eigenvalue weighted by molar-refractivity contribution is -0.298. The number of sulfonamides is 1. The maximum atomic E-state index is 12.4. The Morgan fingerprint density at radius 1 is 1.36 bits per heavy atom. The highest BCUT2D eigenvalue weighted by molar-refractivity contribution is 7.92. The molecule has 0 fully saturated rings. The van der Waals surface area contributed by atoms with Gasteiger partial charge in [-0.15, -0.1) is 0 Å². The maximum Gasteiger partial charge on any atom is 0.385 e. The molecular weight excluding hydrogens is 377 g/mol. The lowest BCUT2D eigenvalue weighted by Gasteiger charge is -2.11. The summed E-state index contributed by atoms with van der Waals surface area (Å²) in [6.45, 7) is 0. The van der Waals surface area contributed by atoms with Crippen molar-refractivity contribution in [1.29, 1.82) is 0 Å². The van der Waals surface area contributed by atoms with E-state index in [1.54, 1.807) is 0 Å². The third-order valence-electron chi connectivity index (χ3n) is 2.49. The van der Waals surface area contributed by atoms with Crippen LogP contribution in [0.15, 0.2) is 27.9 Å². The Morgan fingerprint density at radius 2 is 2.05 bits per heavy atom. The van der Waals surface area contributed by atoms with Crippen molar-refractivity contribution in [1.82, 2.24) is 9.97 Å². The number of aromatic nitrogens is 2. The summed E-state index contributed by atoms with van der Waals surface area (Å²) in [6, 6.07) is 4.14. The van der Waals surface area contributed by atoms with Gasteiger partial charge < -0.3 is 4.74 Å². The maximum absolute atomic E-state index is 12.4. The summed E-state index contributed by atoms with van der Waals surface area (Å²) in [5, 5.41) is -0.399. The second kappa shape index (κ2) is 6.33. The van der Waals surface area contributed by atoms with E-state index in [1.807, 2.05) is 0 Å². The number of hydrogen-bond donors (Lipinski definition) is 2. The molecule has 11 heteroatoms. The van der Waals surface area contributed by atoms with E-state index in [2.05, 4.69) is 14.7 Å². The molecule has 0 amide bonds. The Kier molecular flexibility index (Phi) is 4.86. The average molecular weight is 386 g/mol. The van der Waals surface area contributed by atoms with Crippen molar-refractivity contribution in [2.24, 2.45) is 0 Å². The number of halogens is 3. The average Bonchev–Trinajstić information content (AvgIpc) is 2.45. The number of benzene rings is 1. The first-order chi connectivity index (χ1) is 10.3. The number of anilines is 1. The molecule has 22 heavy (non-hydrogen) atoms. The molecule has 0 aliphatic carbocycles. The van der Waals surface area contributed by atoms with Crippen molar-refractivity contribution in [3.63, 3.8) is 0 Å². The van der Waals surface area contributed by atoms with Gasteiger partial charge in [-0.3, -0.25) is 14.5 Å². The predicted octanol–water partition coefficient (Wildman–Crippen LogP) is 1.58. The molecule has 0 spiro atoms. The highest BCUT2D eigenvalue weighted by Crippen LogP contribution is 2.30. The van der Waals surface area contributed by atoms with E-state index in [9.17, 15) is 13.2 Å². The lowest BCUT2D eigenvalue weighted by atomic mass is 10.4. The molecule has 2 N–H and O–H groups in total. The lowest BCUT2D eigenvalue weighted by Crippen LogP contribution is -2.19. The monoisotopic (exact) mass is 384 g/mol. The summed E-state index contributed by atoms with van der Waals surface area (Å²) in [4.78, 5) is 17.1. The number of nitrogens with zero attached hydrogens (tertiary/aromatic N) is 1. The summed E-state index contributed by atoms with van der Waals surface area (Å²) >= 11 is 16.4. The second-order valence-electron chi connectivity index (χ2n) is 3.91. The first-order valence-corrected chi connectivity index (χ1v) is 8.23. The number of nitrogens with one attached hydrogen (secondary N) is 2. The fraction of sp³-hybridized carbons (Fsp3) is 0.0909. The third kappa shape index (κ3) is 3.30. The molecule has 7 nitrogen and oxygen atoms in total. The fourth-order valence-corrected chi connectivity index (χ4v) is 3.42. The first kappa shape index (κ1) is 16.9. The standard InChI is InChI=1S/C11H8Cl3N3O4S/c1-21-11-9(15-8(14)10(18)16-11)17-22(19,20)6-4-2-3-5(12)7(6)13/h2-4,14H,1H3,(H-,15,16,17,18)/p+1. The largest absolute Gasteiger partial charge is 0.480 e. The van der Waals surface area contributed by atoms with Crippen molar-refractivity contribution in [2.75, 3.05) is 11.8 Å². The predicted molar refractivity (Wildman–Crippen MR) is 79.2 cm³/mol. The van der Waals surface area contributed by atoms with Crippen LogP contribution in [0.2, 0.25) is 15.2 Å². The Bertz CT molecular complexity index is 883. The molecule has 0 saturated carbocycles. The van der Waals surface area contributed by atoms with E-state index in [0.29, 0.717) is 0 Å². The minimum absolute atomic E-state index is 0.0786. The molecule has 0 unspecified atom stereocenters. The third-order valence-corrected chi connectivity index (χ3v) is 5.08. The van der Waals surface area contributed by atoms with Crippen LogP contribution in [0.25, 0.3) is 0 Å². The molecule has 0 saturated heterocycles. The summed E-state index contributed by atoms with van der Waals surface area (Å²) in [5.41, 5.74) is -0.671. The minimum atomic E-state index is -4.11. The van der Waals surface area contributed by atoms with Crippen LogP contribution in [0.4, 0.5) is 5.82 Å². The summed E-state index contributed by atoms with van der Waals surface area (Å²) in [6.07, 6.45) is 0. The number of ether oxygens (including phenoxy) is 1. The fourth-order valence-electron chi connectivity index (χ4n) is 1.51. The summed E-state index contributed by atoms with van der Waals surface area (Å²) in [5.74, 6) is -0.441. The Labute approximate surface area is 140 Å². The normalized spacial score (nSPS) is 11.3. The van der Waals surface area contributed by atoms with E-state index < -0.39 is 15.6 Å². The van der Waals surface area contributed by atoms with Crippen molar-refractivity contribution < 1.29 is 24.8 Å². The minimum Gasteiger partial charge on any atom is -0.480 e. The van der Waals surface area contributed by atoms with Crippen LogP contribution in [0.1, 0.15) is 0 Å². The first-order valence-electron chi connectivity index (χ1n) is 5.58. The van der Waals surface area contributed by atoms with E-state index >= 15 is 0 Å². The van der Waals surface area contributed by atoms with E-state index in [1.165, 1.54) is 25.3 Å². The van der Waals surface area contributed by atoms with E-state index in [4.69, 9.17) is 39.5 Å². The quantitative estimate of drug-likeness (QED) is 0.832. The van der Waals surface area contributed by atoms with Gasteiger partial charge in [-0.05, 0) is 12.1 Å². The van der Waals surface area contributed by atoms with E-state index in [0.717, 1.165) is 0 Å². The number of hydrogen-bond acceptors (Lipinski definition) is 5. The zero-order chi connectivity index (χ0) is 16.5. The van der Waals surface area contributed by atoms with Crippen LogP contribution in [0, 0.1) is 11.6 Å². The van der Waals surface area contributed by atoms with Crippen molar-refractivity contribution in [3.05, 3.63) is 43.8 Å². The van der Waals surface area contributed by atoms with E-state index in [-0.39, 0.29) is 31.8 Å². The zero-order valence-electron chi connectivity index (χ0n) is 10.9. The van der Waals surface area contributed by atoms with Gasteiger partial charge in [-0.2, -0.15) is 4.98 Å². The van der Waals surface area contributed by atoms with Crippen LogP contribution in [0.5, 0.6) is 5.88 Å². The highest BCUT2D eigenvalue weighted by Gasteiger charge is 2.24. The molecule has 1 aromatic heterocycles. The van der Waals surface area contributed by atoms with Gasteiger partial charge in [0.15, 0.2) is 11.6 Å². The van der Waals surface area contributed by atoms with Crippen molar-refractivity contribution in [3.8, 4) is 5.88 Å². The molecule has 1 heterocycles. The van der Waals surface area contributed by atoms with Gasteiger partial charge in [0.1, 0.15) is 4.90 Å². The van der Waals surface area contributed by atoms with Crippen molar-refractivity contribution >= 4 is 39.0 Å². The van der Waals surface area contributed by atoms with Gasteiger partial charge in [-0.25, -0.2) is 8.42 Å². The van der Waals surface area contributed by atoms with Crippen LogP contribution >= 0.6 is 23.2 Å². The molecule has 0 bridgehead atoms. The molecule has 0 aliphatic rings. The molecule has 1 aromatic carbocycles. The number of aromatic amines is 1. The second-order valence-corrected chi connectivity index (χ2v) is 6.73. The smallest absolute Gasteiger partial charge is 0.385 e. The molecule has 0 radical (unpaired) electrons. The molecule has 0 atom stereocenters. The van der Waals surface area contributed by atoms with Gasteiger partial charge in [0.25, 0.3) is 10.0 Å². The Balaban J connectivity index is 2.52. The Hall–Kier alpha value is -1.48. The Morgan fingerprint density at radius 3 is 2.68 bits per heavy atom. The van der Waals surface area contributed by atoms with Gasteiger partial charge in [0.2, 0.25) is 11.7 Å². The number of rotatable bonds is 4.